The molecule has 1 fully saturated rings. The van der Waals surface area contributed by atoms with E-state index in [1.54, 1.807) is 6.07 Å². The van der Waals surface area contributed by atoms with E-state index >= 15 is 0 Å². The number of nitrogens with zero attached hydrogens (tertiary/aromatic N) is 4. The minimum absolute atomic E-state index is 0.0382. The van der Waals surface area contributed by atoms with Gasteiger partial charge in [0.1, 0.15) is 17.8 Å². The Bertz CT molecular complexity index is 949. The van der Waals surface area contributed by atoms with Crippen LogP contribution in [0.4, 0.5) is 0 Å². The first kappa shape index (κ1) is 15.9. The van der Waals surface area contributed by atoms with Gasteiger partial charge in [-0.2, -0.15) is 5.10 Å². The Morgan fingerprint density at radius 3 is 2.96 bits per heavy atom. The third-order valence-corrected chi connectivity index (χ3v) is 4.57. The Labute approximate surface area is 144 Å². The standard InChI is InChI=1S/C17H20N6O2/c1-10(15-19-13-6-4-3-5-12(13)17(24)20-15)23-7-8-25-14(9-23)16-18-11(2)21-22-16/h3-6,10,14H,7-9H2,1-2H3,(H,18,21,22)(H,19,20,24)/t10-,14+/m1/s1. The van der Waals surface area contributed by atoms with Gasteiger partial charge in [-0.15, -0.1) is 0 Å². The van der Waals surface area contributed by atoms with Crippen molar-refractivity contribution in [1.29, 1.82) is 0 Å². The van der Waals surface area contributed by atoms with Crippen molar-refractivity contribution < 1.29 is 4.74 Å². The molecule has 1 saturated heterocycles. The van der Waals surface area contributed by atoms with Crippen LogP contribution in [0.15, 0.2) is 29.1 Å². The van der Waals surface area contributed by atoms with Crippen LogP contribution in [0.3, 0.4) is 0 Å². The Balaban J connectivity index is 1.60. The van der Waals surface area contributed by atoms with Gasteiger partial charge in [-0.1, -0.05) is 12.1 Å². The average molecular weight is 340 g/mol. The number of aromatic nitrogens is 5. The van der Waals surface area contributed by atoms with Gasteiger partial charge >= 0.3 is 0 Å². The van der Waals surface area contributed by atoms with E-state index in [2.05, 4.69) is 30.0 Å². The summed E-state index contributed by atoms with van der Waals surface area (Å²) >= 11 is 0. The van der Waals surface area contributed by atoms with Crippen molar-refractivity contribution in [1.82, 2.24) is 30.0 Å². The molecule has 2 atom stereocenters. The van der Waals surface area contributed by atoms with Crippen molar-refractivity contribution in [2.24, 2.45) is 0 Å². The van der Waals surface area contributed by atoms with E-state index in [-0.39, 0.29) is 17.7 Å². The highest BCUT2D eigenvalue weighted by Crippen LogP contribution is 2.25. The summed E-state index contributed by atoms with van der Waals surface area (Å²) in [5.41, 5.74) is 0.601. The van der Waals surface area contributed by atoms with Crippen LogP contribution in [0.25, 0.3) is 10.9 Å². The molecule has 8 nitrogen and oxygen atoms in total. The van der Waals surface area contributed by atoms with Gasteiger partial charge in [-0.05, 0) is 26.0 Å². The monoisotopic (exact) mass is 340 g/mol. The van der Waals surface area contributed by atoms with E-state index in [0.717, 1.165) is 12.4 Å². The summed E-state index contributed by atoms with van der Waals surface area (Å²) in [6.07, 6.45) is -0.187. The van der Waals surface area contributed by atoms with Crippen molar-refractivity contribution in [2.75, 3.05) is 19.7 Å². The number of nitrogens with one attached hydrogen (secondary N) is 2. The number of aryl methyl sites for hydroxylation is 1. The van der Waals surface area contributed by atoms with E-state index in [9.17, 15) is 4.79 Å². The van der Waals surface area contributed by atoms with Gasteiger partial charge in [0.25, 0.3) is 5.56 Å². The van der Waals surface area contributed by atoms with Crippen LogP contribution >= 0.6 is 0 Å². The topological polar surface area (TPSA) is 99.8 Å². The van der Waals surface area contributed by atoms with Crippen LogP contribution in [-0.2, 0) is 4.74 Å². The number of hydrogen-bond donors (Lipinski definition) is 2. The molecule has 0 saturated carbocycles. The van der Waals surface area contributed by atoms with Gasteiger partial charge < -0.3 is 9.72 Å². The molecule has 3 heterocycles. The summed E-state index contributed by atoms with van der Waals surface area (Å²) in [5, 5.41) is 7.66. The second kappa shape index (κ2) is 6.38. The fourth-order valence-electron chi connectivity index (χ4n) is 3.16. The number of hydrogen-bond acceptors (Lipinski definition) is 6. The molecule has 1 aliphatic heterocycles. The summed E-state index contributed by atoms with van der Waals surface area (Å²) in [6, 6.07) is 7.34. The van der Waals surface area contributed by atoms with Crippen LogP contribution in [-0.4, -0.2) is 49.7 Å². The fourth-order valence-corrected chi connectivity index (χ4v) is 3.16. The number of H-pyrrole nitrogens is 2. The molecule has 0 amide bonds. The lowest BCUT2D eigenvalue weighted by molar-refractivity contribution is -0.0480. The predicted molar refractivity (Wildman–Crippen MR) is 92.2 cm³/mol. The maximum absolute atomic E-state index is 12.3. The molecule has 1 aliphatic rings. The lowest BCUT2D eigenvalue weighted by atomic mass is 10.1. The molecule has 4 rings (SSSR count). The summed E-state index contributed by atoms with van der Waals surface area (Å²) < 4.78 is 5.81. The summed E-state index contributed by atoms with van der Waals surface area (Å²) in [6.45, 7) is 5.90. The Hall–Kier alpha value is -2.58. The first-order valence-corrected chi connectivity index (χ1v) is 8.35. The lowest BCUT2D eigenvalue weighted by Gasteiger charge is -2.35. The van der Waals surface area contributed by atoms with Gasteiger partial charge in [0.2, 0.25) is 0 Å². The molecule has 130 valence electrons. The summed E-state index contributed by atoms with van der Waals surface area (Å²) in [7, 11) is 0. The smallest absolute Gasteiger partial charge is 0.258 e. The highest BCUT2D eigenvalue weighted by atomic mass is 16.5. The quantitative estimate of drug-likeness (QED) is 0.749. The third-order valence-electron chi connectivity index (χ3n) is 4.57. The Kier molecular flexibility index (Phi) is 4.06. The average Bonchev–Trinajstić information content (AvgIpc) is 3.08. The molecule has 25 heavy (non-hydrogen) atoms. The molecule has 3 aromatic rings. The lowest BCUT2D eigenvalue weighted by Crippen LogP contribution is -2.41. The molecule has 8 heteroatoms. The normalized spacial score (nSPS) is 20.0. The molecule has 2 N–H and O–H groups in total. The number of benzene rings is 1. The van der Waals surface area contributed by atoms with E-state index in [4.69, 9.17) is 4.74 Å². The van der Waals surface area contributed by atoms with Gasteiger partial charge in [0.15, 0.2) is 5.82 Å². The number of para-hydroxylation sites is 1. The highest BCUT2D eigenvalue weighted by molar-refractivity contribution is 5.77. The minimum atomic E-state index is -0.187. The van der Waals surface area contributed by atoms with Crippen LogP contribution in [0.5, 0.6) is 0 Å². The van der Waals surface area contributed by atoms with Crippen molar-refractivity contribution in [3.8, 4) is 0 Å². The van der Waals surface area contributed by atoms with Crippen LogP contribution in [0.1, 0.15) is 36.5 Å². The third kappa shape index (κ3) is 3.06. The number of fused-ring (bicyclic) bond motifs is 1. The predicted octanol–water partition coefficient (Wildman–Crippen LogP) is 1.48. The molecule has 2 aromatic heterocycles. The van der Waals surface area contributed by atoms with Crippen LogP contribution in [0, 0.1) is 6.92 Å². The van der Waals surface area contributed by atoms with Crippen LogP contribution in [0.2, 0.25) is 0 Å². The molecular weight excluding hydrogens is 320 g/mol. The Morgan fingerprint density at radius 2 is 2.16 bits per heavy atom. The molecule has 0 aliphatic carbocycles. The molecular formula is C17H20N6O2. The first-order valence-electron chi connectivity index (χ1n) is 8.35. The maximum atomic E-state index is 12.3. The largest absolute Gasteiger partial charge is 0.367 e. The van der Waals surface area contributed by atoms with Gasteiger partial charge in [0.05, 0.1) is 23.6 Å². The van der Waals surface area contributed by atoms with E-state index in [1.165, 1.54) is 0 Å². The first-order chi connectivity index (χ1) is 12.1. The zero-order valence-electron chi connectivity index (χ0n) is 14.2. The molecule has 1 aromatic carbocycles. The van der Waals surface area contributed by atoms with Gasteiger partial charge in [-0.3, -0.25) is 14.8 Å². The zero-order valence-corrected chi connectivity index (χ0v) is 14.2. The number of aromatic amines is 2. The van der Waals surface area contributed by atoms with Gasteiger partial charge in [-0.25, -0.2) is 9.97 Å². The SMILES string of the molecule is Cc1nc([C@@H]2CN([C@H](C)c3nc4ccccc4c(=O)[nH]3)CCO2)n[nH]1. The second-order valence-corrected chi connectivity index (χ2v) is 6.28. The van der Waals surface area contributed by atoms with Gasteiger partial charge in [0, 0.05) is 13.1 Å². The van der Waals surface area contributed by atoms with Crippen molar-refractivity contribution in [3.05, 3.63) is 52.1 Å². The van der Waals surface area contributed by atoms with Crippen molar-refractivity contribution in [3.63, 3.8) is 0 Å². The Morgan fingerprint density at radius 1 is 1.32 bits per heavy atom. The molecule has 0 bridgehead atoms. The van der Waals surface area contributed by atoms with Crippen molar-refractivity contribution in [2.45, 2.75) is 26.0 Å². The number of ether oxygens (including phenoxy) is 1. The molecule has 0 radical (unpaired) electrons. The maximum Gasteiger partial charge on any atom is 0.258 e. The molecule has 0 spiro atoms. The zero-order chi connectivity index (χ0) is 17.4. The number of morpholine rings is 1. The second-order valence-electron chi connectivity index (χ2n) is 6.28. The summed E-state index contributed by atoms with van der Waals surface area (Å²) in [4.78, 5) is 26.5. The highest BCUT2D eigenvalue weighted by Gasteiger charge is 2.29. The van der Waals surface area contributed by atoms with E-state index in [0.29, 0.717) is 35.7 Å². The van der Waals surface area contributed by atoms with E-state index in [1.807, 2.05) is 32.0 Å². The van der Waals surface area contributed by atoms with Crippen LogP contribution < -0.4 is 5.56 Å². The minimum Gasteiger partial charge on any atom is -0.367 e. The fraction of sp³-hybridized carbons (Fsp3) is 0.412. The summed E-state index contributed by atoms with van der Waals surface area (Å²) in [5.74, 6) is 2.09. The van der Waals surface area contributed by atoms with E-state index < -0.39 is 0 Å². The number of rotatable bonds is 3. The van der Waals surface area contributed by atoms with Crippen molar-refractivity contribution >= 4 is 10.9 Å². The molecule has 0 unspecified atom stereocenters.